The number of ether oxygens (including phenoxy) is 1. The van der Waals surface area contributed by atoms with Crippen LogP contribution in [0.2, 0.25) is 0 Å². The maximum absolute atomic E-state index is 12.4. The van der Waals surface area contributed by atoms with Crippen LogP contribution >= 0.6 is 0 Å². The fourth-order valence-corrected chi connectivity index (χ4v) is 3.54. The lowest BCUT2D eigenvalue weighted by molar-refractivity contribution is -0.138. The van der Waals surface area contributed by atoms with Crippen molar-refractivity contribution in [2.75, 3.05) is 13.1 Å². The van der Waals surface area contributed by atoms with Gasteiger partial charge in [-0.3, -0.25) is 9.59 Å². The van der Waals surface area contributed by atoms with Crippen LogP contribution < -0.4 is 5.32 Å². The molecule has 1 saturated heterocycles. The molecular weight excluding hydrogens is 292 g/mol. The summed E-state index contributed by atoms with van der Waals surface area (Å²) in [6.45, 7) is 5.54. The van der Waals surface area contributed by atoms with Gasteiger partial charge in [0.2, 0.25) is 11.8 Å². The van der Waals surface area contributed by atoms with Crippen molar-refractivity contribution in [1.29, 1.82) is 0 Å². The van der Waals surface area contributed by atoms with Crippen molar-refractivity contribution in [2.24, 2.45) is 0 Å². The minimum atomic E-state index is -0.321. The van der Waals surface area contributed by atoms with Gasteiger partial charge in [0.15, 0.2) is 0 Å². The number of nitrogens with zero attached hydrogens (tertiary/aromatic N) is 1. The van der Waals surface area contributed by atoms with Crippen molar-refractivity contribution in [3.63, 3.8) is 0 Å². The monoisotopic (exact) mass is 324 g/mol. The number of rotatable bonds is 7. The van der Waals surface area contributed by atoms with Crippen LogP contribution in [0.5, 0.6) is 0 Å². The van der Waals surface area contributed by atoms with Crippen LogP contribution in [0.25, 0.3) is 0 Å². The van der Waals surface area contributed by atoms with Gasteiger partial charge in [0.1, 0.15) is 6.10 Å². The maximum atomic E-state index is 12.4. The summed E-state index contributed by atoms with van der Waals surface area (Å²) in [5, 5.41) is 3.13. The molecule has 1 aliphatic carbocycles. The molecule has 1 atom stereocenters. The molecule has 0 aromatic rings. The Balaban J connectivity index is 1.73. The number of amides is 2. The molecule has 1 heterocycles. The minimum Gasteiger partial charge on any atom is -0.365 e. The third kappa shape index (κ3) is 5.48. The van der Waals surface area contributed by atoms with E-state index >= 15 is 0 Å². The number of nitrogens with one attached hydrogen (secondary N) is 1. The van der Waals surface area contributed by atoms with Gasteiger partial charge in [-0.1, -0.05) is 26.7 Å². The van der Waals surface area contributed by atoms with Crippen molar-refractivity contribution in [3.8, 4) is 0 Å². The zero-order valence-electron chi connectivity index (χ0n) is 14.7. The smallest absolute Gasteiger partial charge is 0.249 e. The van der Waals surface area contributed by atoms with Crippen LogP contribution in [-0.4, -0.2) is 48.1 Å². The van der Waals surface area contributed by atoms with E-state index in [0.29, 0.717) is 6.42 Å². The SMILES string of the molecule is CCCC(=O)N1CCC(NC(=O)[C@@H](CC)OC2CCCC2)CC1. The second-order valence-electron chi connectivity index (χ2n) is 6.85. The Bertz CT molecular complexity index is 386. The lowest BCUT2D eigenvalue weighted by Crippen LogP contribution is -2.49. The zero-order chi connectivity index (χ0) is 16.7. The van der Waals surface area contributed by atoms with Crippen LogP contribution in [0, 0.1) is 0 Å². The Morgan fingerprint density at radius 1 is 1.13 bits per heavy atom. The fourth-order valence-electron chi connectivity index (χ4n) is 3.54. The fraction of sp³-hybridized carbons (Fsp3) is 0.889. The Hall–Kier alpha value is -1.10. The summed E-state index contributed by atoms with van der Waals surface area (Å²) in [5.41, 5.74) is 0. The average molecular weight is 324 g/mol. The molecule has 2 fully saturated rings. The highest BCUT2D eigenvalue weighted by atomic mass is 16.5. The summed E-state index contributed by atoms with van der Waals surface area (Å²) in [4.78, 5) is 26.3. The molecule has 0 radical (unpaired) electrons. The molecule has 2 aliphatic rings. The van der Waals surface area contributed by atoms with Crippen LogP contribution in [0.3, 0.4) is 0 Å². The first kappa shape index (κ1) is 18.2. The van der Waals surface area contributed by atoms with Gasteiger partial charge in [0, 0.05) is 25.6 Å². The van der Waals surface area contributed by atoms with Gasteiger partial charge < -0.3 is 15.0 Å². The summed E-state index contributed by atoms with van der Waals surface area (Å²) < 4.78 is 5.98. The van der Waals surface area contributed by atoms with Gasteiger partial charge >= 0.3 is 0 Å². The third-order valence-corrected chi connectivity index (χ3v) is 4.98. The van der Waals surface area contributed by atoms with Crippen molar-refractivity contribution in [1.82, 2.24) is 10.2 Å². The number of carbonyl (C=O) groups excluding carboxylic acids is 2. The van der Waals surface area contributed by atoms with Crippen molar-refractivity contribution in [2.45, 2.75) is 89.9 Å². The molecule has 1 saturated carbocycles. The highest BCUT2D eigenvalue weighted by Gasteiger charge is 2.28. The zero-order valence-corrected chi connectivity index (χ0v) is 14.7. The molecule has 132 valence electrons. The summed E-state index contributed by atoms with van der Waals surface area (Å²) in [7, 11) is 0. The maximum Gasteiger partial charge on any atom is 0.249 e. The predicted octanol–water partition coefficient (Wildman–Crippen LogP) is 2.63. The van der Waals surface area contributed by atoms with Crippen LogP contribution in [-0.2, 0) is 14.3 Å². The standard InChI is InChI=1S/C18H32N2O3/c1-3-7-17(21)20-12-10-14(11-13-20)19-18(22)16(4-2)23-15-8-5-6-9-15/h14-16H,3-13H2,1-2H3,(H,19,22)/t16-/m1/s1. The number of carbonyl (C=O) groups is 2. The van der Waals surface area contributed by atoms with Gasteiger partial charge in [0.25, 0.3) is 0 Å². The molecule has 0 bridgehead atoms. The first-order valence-corrected chi connectivity index (χ1v) is 9.37. The molecular formula is C18H32N2O3. The third-order valence-electron chi connectivity index (χ3n) is 4.98. The number of hydrogen-bond donors (Lipinski definition) is 1. The van der Waals surface area contributed by atoms with Gasteiger partial charge in [-0.15, -0.1) is 0 Å². The highest BCUT2D eigenvalue weighted by molar-refractivity contribution is 5.81. The highest BCUT2D eigenvalue weighted by Crippen LogP contribution is 2.23. The number of likely N-dealkylation sites (tertiary alicyclic amines) is 1. The minimum absolute atomic E-state index is 0.0257. The molecule has 1 N–H and O–H groups in total. The van der Waals surface area contributed by atoms with Gasteiger partial charge in [-0.2, -0.15) is 0 Å². The summed E-state index contributed by atoms with van der Waals surface area (Å²) in [6, 6.07) is 0.175. The molecule has 2 amide bonds. The Labute approximate surface area is 140 Å². The molecule has 5 heteroatoms. The lowest BCUT2D eigenvalue weighted by atomic mass is 10.0. The van der Waals surface area contributed by atoms with Crippen LogP contribution in [0.4, 0.5) is 0 Å². The summed E-state index contributed by atoms with van der Waals surface area (Å²) in [5.74, 6) is 0.269. The molecule has 0 aromatic carbocycles. The number of piperidine rings is 1. The number of hydrogen-bond acceptors (Lipinski definition) is 3. The van der Waals surface area contributed by atoms with E-state index in [0.717, 1.165) is 51.6 Å². The van der Waals surface area contributed by atoms with E-state index < -0.39 is 0 Å². The van der Waals surface area contributed by atoms with Crippen LogP contribution in [0.15, 0.2) is 0 Å². The van der Waals surface area contributed by atoms with E-state index in [1.165, 1.54) is 12.8 Å². The topological polar surface area (TPSA) is 58.6 Å². The van der Waals surface area contributed by atoms with Crippen LogP contribution in [0.1, 0.15) is 71.6 Å². The van der Waals surface area contributed by atoms with Crippen molar-refractivity contribution >= 4 is 11.8 Å². The van der Waals surface area contributed by atoms with Gasteiger partial charge in [-0.05, 0) is 38.5 Å². The van der Waals surface area contributed by atoms with E-state index in [-0.39, 0.29) is 30.1 Å². The van der Waals surface area contributed by atoms with E-state index in [2.05, 4.69) is 5.32 Å². The predicted molar refractivity (Wildman–Crippen MR) is 90.1 cm³/mol. The average Bonchev–Trinajstić information content (AvgIpc) is 3.06. The Morgan fingerprint density at radius 3 is 2.35 bits per heavy atom. The molecule has 1 aliphatic heterocycles. The first-order valence-electron chi connectivity index (χ1n) is 9.37. The van der Waals surface area contributed by atoms with Gasteiger partial charge in [0.05, 0.1) is 6.10 Å². The van der Waals surface area contributed by atoms with E-state index in [1.54, 1.807) is 0 Å². The largest absolute Gasteiger partial charge is 0.365 e. The van der Waals surface area contributed by atoms with Crippen molar-refractivity contribution in [3.05, 3.63) is 0 Å². The molecule has 0 spiro atoms. The Kier molecular flexibility index (Phi) is 7.34. The van der Waals surface area contributed by atoms with Gasteiger partial charge in [-0.25, -0.2) is 0 Å². The molecule has 2 rings (SSSR count). The first-order chi connectivity index (χ1) is 11.1. The van der Waals surface area contributed by atoms with Crippen molar-refractivity contribution < 1.29 is 14.3 Å². The second kappa shape index (κ2) is 9.26. The normalized spacial score (nSPS) is 21.4. The lowest BCUT2D eigenvalue weighted by Gasteiger charge is -2.33. The quantitative estimate of drug-likeness (QED) is 0.783. The van der Waals surface area contributed by atoms with E-state index in [4.69, 9.17) is 4.74 Å². The summed E-state index contributed by atoms with van der Waals surface area (Å²) in [6.07, 6.45) is 8.48. The summed E-state index contributed by atoms with van der Waals surface area (Å²) >= 11 is 0. The molecule has 0 aromatic heterocycles. The second-order valence-corrected chi connectivity index (χ2v) is 6.85. The van der Waals surface area contributed by atoms with E-state index in [9.17, 15) is 9.59 Å². The molecule has 0 unspecified atom stereocenters. The van der Waals surface area contributed by atoms with E-state index in [1.807, 2.05) is 18.7 Å². The molecule has 5 nitrogen and oxygen atoms in total. The molecule has 23 heavy (non-hydrogen) atoms. The Morgan fingerprint density at radius 2 is 1.78 bits per heavy atom.